The van der Waals surface area contributed by atoms with Gasteiger partial charge in [0.05, 0.1) is 36.2 Å². The highest BCUT2D eigenvalue weighted by Gasteiger charge is 2.20. The van der Waals surface area contributed by atoms with E-state index >= 15 is 0 Å². The normalized spacial score (nSPS) is 10.5. The van der Waals surface area contributed by atoms with Crippen molar-refractivity contribution in [3.8, 4) is 40.0 Å². The van der Waals surface area contributed by atoms with E-state index in [4.69, 9.17) is 37.7 Å². The molecule has 0 saturated carbocycles. The number of anilines is 1. The second-order valence-electron chi connectivity index (χ2n) is 8.02. The molecule has 0 fully saturated rings. The molecule has 1 amide bonds. The van der Waals surface area contributed by atoms with Gasteiger partial charge in [0, 0.05) is 33.9 Å². The maximum atomic E-state index is 12.6. The van der Waals surface area contributed by atoms with E-state index in [9.17, 15) is 10.1 Å². The van der Waals surface area contributed by atoms with Crippen LogP contribution in [0, 0.1) is 11.3 Å². The molecule has 0 bridgehead atoms. The Kier molecular flexibility index (Phi) is 9.14. The molecule has 0 unspecified atom stereocenters. The lowest BCUT2D eigenvalue weighted by Gasteiger charge is -2.16. The van der Waals surface area contributed by atoms with Crippen molar-refractivity contribution in [2.24, 2.45) is 0 Å². The van der Waals surface area contributed by atoms with Crippen molar-refractivity contribution in [1.82, 2.24) is 4.98 Å². The highest BCUT2D eigenvalue weighted by atomic mass is 35.5. The summed E-state index contributed by atoms with van der Waals surface area (Å²) >= 11 is 13.5. The first-order valence-electron chi connectivity index (χ1n) is 11.5. The van der Waals surface area contributed by atoms with E-state index in [1.165, 1.54) is 11.8 Å². The van der Waals surface area contributed by atoms with Crippen LogP contribution in [0.25, 0.3) is 22.4 Å². The summed E-state index contributed by atoms with van der Waals surface area (Å²) in [5, 5.41) is 14.4. The lowest BCUT2D eigenvalue weighted by molar-refractivity contribution is -0.115. The number of aromatic nitrogens is 1. The van der Waals surface area contributed by atoms with Gasteiger partial charge in [0.2, 0.25) is 5.91 Å². The maximum absolute atomic E-state index is 12.6. The van der Waals surface area contributed by atoms with Gasteiger partial charge in [-0.05, 0) is 30.3 Å². The Labute approximate surface area is 235 Å². The molecule has 1 aromatic heterocycles. The monoisotopic (exact) mass is 563 g/mol. The lowest BCUT2D eigenvalue weighted by Crippen LogP contribution is -2.12. The van der Waals surface area contributed by atoms with Crippen LogP contribution in [0.1, 0.15) is 12.0 Å². The second kappa shape index (κ2) is 12.7. The van der Waals surface area contributed by atoms with Crippen LogP contribution in [0.2, 0.25) is 10.0 Å². The minimum absolute atomic E-state index is 0.174. The summed E-state index contributed by atoms with van der Waals surface area (Å²) in [4.78, 5) is 17.4. The summed E-state index contributed by atoms with van der Waals surface area (Å²) in [5.74, 6) is 1.23. The SMILES string of the molecule is COc1cccc(-c2cc(-c3ccccc3)nc(SCCC(=O)Nc3cc(Cl)ccc3Cl)c2C#N)c1OC. The fourth-order valence-corrected chi connectivity index (χ4v) is 5.13. The number of nitrogens with one attached hydrogen (secondary N) is 1. The molecule has 4 rings (SSSR count). The highest BCUT2D eigenvalue weighted by Crippen LogP contribution is 2.42. The fraction of sp³-hybridized carbons (Fsp3) is 0.138. The van der Waals surface area contributed by atoms with E-state index < -0.39 is 0 Å². The number of nitriles is 1. The topological polar surface area (TPSA) is 84.2 Å². The zero-order valence-electron chi connectivity index (χ0n) is 20.6. The molecule has 6 nitrogen and oxygen atoms in total. The largest absolute Gasteiger partial charge is 0.493 e. The number of pyridine rings is 1. The first kappa shape index (κ1) is 27.3. The van der Waals surface area contributed by atoms with E-state index in [0.717, 1.165) is 5.56 Å². The van der Waals surface area contributed by atoms with Crippen LogP contribution in [0.5, 0.6) is 11.5 Å². The van der Waals surface area contributed by atoms with Crippen molar-refractivity contribution in [3.05, 3.63) is 88.4 Å². The summed E-state index contributed by atoms with van der Waals surface area (Å²) in [5.41, 5.74) is 3.80. The van der Waals surface area contributed by atoms with Gasteiger partial charge in [-0.1, -0.05) is 65.7 Å². The summed E-state index contributed by atoms with van der Waals surface area (Å²) in [6.07, 6.45) is 0.174. The Morgan fingerprint density at radius 1 is 1.00 bits per heavy atom. The number of amides is 1. The van der Waals surface area contributed by atoms with E-state index in [-0.39, 0.29) is 12.3 Å². The molecule has 0 spiro atoms. The zero-order chi connectivity index (χ0) is 27.1. The number of hydrogen-bond acceptors (Lipinski definition) is 6. The molecule has 4 aromatic rings. The van der Waals surface area contributed by atoms with E-state index in [1.54, 1.807) is 38.5 Å². The molecule has 3 aromatic carbocycles. The quantitative estimate of drug-likeness (QED) is 0.210. The number of nitrogens with zero attached hydrogens (tertiary/aromatic N) is 2. The molecule has 0 saturated heterocycles. The molecule has 1 heterocycles. The van der Waals surface area contributed by atoms with Crippen LogP contribution in [0.4, 0.5) is 5.69 Å². The highest BCUT2D eigenvalue weighted by molar-refractivity contribution is 7.99. The number of carbonyl (C=O) groups excluding carboxylic acids is 1. The number of methoxy groups -OCH3 is 2. The first-order valence-corrected chi connectivity index (χ1v) is 13.3. The standard InChI is InChI=1S/C29H23Cl2N3O3S/c1-36-26-10-6-9-20(28(26)37-2)21-16-24(18-7-4-3-5-8-18)34-29(22(21)17-32)38-14-13-27(35)33-25-15-19(30)11-12-23(25)31/h3-12,15-16H,13-14H2,1-2H3,(H,33,35). The van der Waals surface area contributed by atoms with Gasteiger partial charge in [-0.25, -0.2) is 4.98 Å². The van der Waals surface area contributed by atoms with Crippen molar-refractivity contribution in [1.29, 1.82) is 5.26 Å². The van der Waals surface area contributed by atoms with Crippen molar-refractivity contribution in [2.75, 3.05) is 25.3 Å². The molecular formula is C29H23Cl2N3O3S. The van der Waals surface area contributed by atoms with Gasteiger partial charge in [-0.15, -0.1) is 11.8 Å². The van der Waals surface area contributed by atoms with Gasteiger partial charge in [-0.3, -0.25) is 4.79 Å². The predicted molar refractivity (Wildman–Crippen MR) is 153 cm³/mol. The van der Waals surface area contributed by atoms with Gasteiger partial charge in [-0.2, -0.15) is 5.26 Å². The predicted octanol–water partition coefficient (Wildman–Crippen LogP) is 7.73. The second-order valence-corrected chi connectivity index (χ2v) is 9.95. The van der Waals surface area contributed by atoms with Crippen molar-refractivity contribution < 1.29 is 14.3 Å². The summed E-state index contributed by atoms with van der Waals surface area (Å²) < 4.78 is 11.1. The molecule has 38 heavy (non-hydrogen) atoms. The van der Waals surface area contributed by atoms with E-state index in [1.807, 2.05) is 48.5 Å². The van der Waals surface area contributed by atoms with Crippen molar-refractivity contribution in [2.45, 2.75) is 11.4 Å². The average molecular weight is 564 g/mol. The number of ether oxygens (including phenoxy) is 2. The van der Waals surface area contributed by atoms with Gasteiger partial charge >= 0.3 is 0 Å². The Morgan fingerprint density at radius 3 is 2.50 bits per heavy atom. The fourth-order valence-electron chi connectivity index (χ4n) is 3.85. The molecule has 192 valence electrons. The third-order valence-corrected chi connectivity index (χ3v) is 7.17. The van der Waals surface area contributed by atoms with Crippen LogP contribution in [0.15, 0.2) is 77.8 Å². The summed E-state index contributed by atoms with van der Waals surface area (Å²) in [6, 6.07) is 24.3. The van der Waals surface area contributed by atoms with Gasteiger partial charge < -0.3 is 14.8 Å². The zero-order valence-corrected chi connectivity index (χ0v) is 23.0. The Morgan fingerprint density at radius 2 is 1.79 bits per heavy atom. The Bertz CT molecular complexity index is 1510. The lowest BCUT2D eigenvalue weighted by atomic mass is 9.98. The van der Waals surface area contributed by atoms with Gasteiger partial charge in [0.15, 0.2) is 11.5 Å². The minimum atomic E-state index is -0.228. The number of hydrogen-bond donors (Lipinski definition) is 1. The summed E-state index contributed by atoms with van der Waals surface area (Å²) in [7, 11) is 3.13. The van der Waals surface area contributed by atoms with Crippen LogP contribution in [0.3, 0.4) is 0 Å². The first-order chi connectivity index (χ1) is 18.4. The third-order valence-electron chi connectivity index (χ3n) is 5.63. The number of rotatable bonds is 9. The Balaban J connectivity index is 1.68. The van der Waals surface area contributed by atoms with Crippen LogP contribution in [-0.2, 0) is 4.79 Å². The molecule has 0 aliphatic rings. The molecule has 0 radical (unpaired) electrons. The summed E-state index contributed by atoms with van der Waals surface area (Å²) in [6.45, 7) is 0. The molecule has 0 atom stereocenters. The molecule has 0 aliphatic heterocycles. The number of halogens is 2. The van der Waals surface area contributed by atoms with Gasteiger partial charge in [0.25, 0.3) is 0 Å². The van der Waals surface area contributed by atoms with Crippen LogP contribution in [-0.4, -0.2) is 30.9 Å². The minimum Gasteiger partial charge on any atom is -0.493 e. The smallest absolute Gasteiger partial charge is 0.225 e. The van der Waals surface area contributed by atoms with Crippen molar-refractivity contribution >= 4 is 46.6 Å². The van der Waals surface area contributed by atoms with Crippen molar-refractivity contribution in [3.63, 3.8) is 0 Å². The number of thioether (sulfide) groups is 1. The Hall–Kier alpha value is -3.70. The molecular weight excluding hydrogens is 541 g/mol. The molecule has 9 heteroatoms. The maximum Gasteiger partial charge on any atom is 0.225 e. The number of benzene rings is 3. The molecule has 1 N–H and O–H groups in total. The van der Waals surface area contributed by atoms with Crippen LogP contribution < -0.4 is 14.8 Å². The third kappa shape index (κ3) is 6.22. The number of para-hydroxylation sites is 1. The number of carbonyl (C=O) groups is 1. The molecule has 0 aliphatic carbocycles. The van der Waals surface area contributed by atoms with E-state index in [2.05, 4.69) is 11.4 Å². The van der Waals surface area contributed by atoms with Crippen LogP contribution >= 0.6 is 35.0 Å². The average Bonchev–Trinajstić information content (AvgIpc) is 2.94. The van der Waals surface area contributed by atoms with E-state index in [0.29, 0.717) is 60.4 Å². The van der Waals surface area contributed by atoms with Gasteiger partial charge in [0.1, 0.15) is 11.1 Å².